The molecule has 0 aromatic heterocycles. The van der Waals surface area contributed by atoms with Gasteiger partial charge >= 0.3 is 5.97 Å². The number of carbonyl (C=O) groups is 3. The van der Waals surface area contributed by atoms with Gasteiger partial charge in [-0.15, -0.1) is 0 Å². The van der Waals surface area contributed by atoms with Gasteiger partial charge in [-0.1, -0.05) is 18.2 Å². The van der Waals surface area contributed by atoms with Gasteiger partial charge < -0.3 is 4.74 Å². The van der Waals surface area contributed by atoms with Crippen molar-refractivity contribution in [3.63, 3.8) is 0 Å². The fourth-order valence-electron chi connectivity index (χ4n) is 2.00. The van der Waals surface area contributed by atoms with E-state index in [9.17, 15) is 14.4 Å². The zero-order chi connectivity index (χ0) is 14.0. The number of imide groups is 1. The largest absolute Gasteiger partial charge is 0.463 e. The van der Waals surface area contributed by atoms with Gasteiger partial charge in [0.2, 0.25) is 5.91 Å². The van der Waals surface area contributed by atoms with E-state index in [2.05, 4.69) is 0 Å². The quantitative estimate of drug-likeness (QED) is 0.596. The smallest absolute Gasteiger partial charge is 0.331 e. The van der Waals surface area contributed by atoms with Crippen molar-refractivity contribution < 1.29 is 19.1 Å². The molecule has 2 amide bonds. The summed E-state index contributed by atoms with van der Waals surface area (Å²) in [6.07, 6.45) is 1.13. The molecule has 19 heavy (non-hydrogen) atoms. The Morgan fingerprint density at radius 1 is 1.32 bits per heavy atom. The number of anilines is 1. The second-order valence-electron chi connectivity index (χ2n) is 3.99. The summed E-state index contributed by atoms with van der Waals surface area (Å²) in [5.41, 5.74) is 1.25. The van der Waals surface area contributed by atoms with E-state index in [1.807, 2.05) is 0 Å². The van der Waals surface area contributed by atoms with Crippen LogP contribution in [0.1, 0.15) is 19.4 Å². The Kier molecular flexibility index (Phi) is 3.46. The molecule has 0 unspecified atom stereocenters. The molecule has 0 fully saturated rings. The molecule has 98 valence electrons. The number of rotatable bonds is 2. The number of ether oxygens (including phenoxy) is 1. The molecule has 0 N–H and O–H groups in total. The van der Waals surface area contributed by atoms with Crippen LogP contribution in [0.25, 0.3) is 5.57 Å². The van der Waals surface area contributed by atoms with Gasteiger partial charge in [0, 0.05) is 18.6 Å². The molecule has 1 aromatic carbocycles. The molecule has 1 heterocycles. The van der Waals surface area contributed by atoms with Crippen LogP contribution in [0.4, 0.5) is 5.69 Å². The van der Waals surface area contributed by atoms with Gasteiger partial charge in [0.05, 0.1) is 17.9 Å². The fourth-order valence-corrected chi connectivity index (χ4v) is 2.00. The lowest BCUT2D eigenvalue weighted by Crippen LogP contribution is -2.31. The third kappa shape index (κ3) is 2.27. The molecule has 0 spiro atoms. The van der Waals surface area contributed by atoms with Crippen molar-refractivity contribution in [2.24, 2.45) is 0 Å². The highest BCUT2D eigenvalue weighted by atomic mass is 16.5. The Hall–Kier alpha value is -2.43. The molecule has 0 bridgehead atoms. The molecule has 0 aliphatic carbocycles. The van der Waals surface area contributed by atoms with E-state index in [1.54, 1.807) is 31.2 Å². The van der Waals surface area contributed by atoms with Crippen LogP contribution in [0.2, 0.25) is 0 Å². The van der Waals surface area contributed by atoms with Crippen molar-refractivity contribution in [1.29, 1.82) is 0 Å². The molecule has 2 rings (SSSR count). The normalized spacial score (nSPS) is 15.6. The third-order valence-corrected chi connectivity index (χ3v) is 2.73. The lowest BCUT2D eigenvalue weighted by Gasteiger charge is -2.11. The molecule has 5 heteroatoms. The molecule has 0 saturated heterocycles. The molecule has 5 nitrogen and oxygen atoms in total. The lowest BCUT2D eigenvalue weighted by atomic mass is 10.1. The van der Waals surface area contributed by atoms with Gasteiger partial charge in [0.25, 0.3) is 5.91 Å². The summed E-state index contributed by atoms with van der Waals surface area (Å²) < 4.78 is 4.79. The summed E-state index contributed by atoms with van der Waals surface area (Å²) in [6.45, 7) is 3.22. The molecule has 0 radical (unpaired) electrons. The van der Waals surface area contributed by atoms with Crippen molar-refractivity contribution in [2.75, 3.05) is 11.5 Å². The molecular weight excluding hydrogens is 246 g/mol. The van der Waals surface area contributed by atoms with Crippen LogP contribution in [0.15, 0.2) is 30.3 Å². The molecule has 0 saturated carbocycles. The first-order chi connectivity index (χ1) is 9.06. The lowest BCUT2D eigenvalue weighted by molar-refractivity contribution is -0.137. The topological polar surface area (TPSA) is 63.7 Å². The van der Waals surface area contributed by atoms with Gasteiger partial charge in [-0.3, -0.25) is 9.59 Å². The number of fused-ring (bicyclic) bond motifs is 1. The number of nitrogens with zero attached hydrogens (tertiary/aromatic N) is 1. The number of para-hydroxylation sites is 1. The standard InChI is InChI=1S/C14H13NO4/c1-3-19-13(17)8-11-10-6-4-5-7-12(10)15(9(2)16)14(11)18/h4-8H,3H2,1-2H3. The van der Waals surface area contributed by atoms with E-state index in [0.29, 0.717) is 11.3 Å². The van der Waals surface area contributed by atoms with Crippen LogP contribution in [-0.2, 0) is 19.1 Å². The number of carbonyl (C=O) groups excluding carboxylic acids is 3. The zero-order valence-electron chi connectivity index (χ0n) is 10.7. The van der Waals surface area contributed by atoms with E-state index in [-0.39, 0.29) is 18.1 Å². The van der Waals surface area contributed by atoms with Crippen molar-refractivity contribution in [3.05, 3.63) is 35.9 Å². The van der Waals surface area contributed by atoms with Gasteiger partial charge in [0.15, 0.2) is 0 Å². The number of esters is 1. The van der Waals surface area contributed by atoms with Crippen LogP contribution < -0.4 is 4.90 Å². The minimum Gasteiger partial charge on any atom is -0.463 e. The van der Waals surface area contributed by atoms with Gasteiger partial charge in [0.1, 0.15) is 0 Å². The number of benzene rings is 1. The highest BCUT2D eigenvalue weighted by Crippen LogP contribution is 2.36. The maximum atomic E-state index is 12.2. The van der Waals surface area contributed by atoms with E-state index in [4.69, 9.17) is 4.74 Å². The number of hydrogen-bond acceptors (Lipinski definition) is 4. The zero-order valence-corrected chi connectivity index (χ0v) is 10.7. The van der Waals surface area contributed by atoms with Crippen molar-refractivity contribution >= 4 is 29.0 Å². The summed E-state index contributed by atoms with van der Waals surface area (Å²) in [5, 5.41) is 0. The van der Waals surface area contributed by atoms with Gasteiger partial charge in [-0.2, -0.15) is 0 Å². The van der Waals surface area contributed by atoms with E-state index >= 15 is 0 Å². The first-order valence-electron chi connectivity index (χ1n) is 5.89. The van der Waals surface area contributed by atoms with Gasteiger partial charge in [-0.05, 0) is 13.0 Å². The SMILES string of the molecule is CCOC(=O)C=C1C(=O)N(C(C)=O)c2ccccc21. The average Bonchev–Trinajstić information content (AvgIpc) is 2.63. The molecule has 1 aromatic rings. The van der Waals surface area contributed by atoms with Crippen LogP contribution >= 0.6 is 0 Å². The maximum absolute atomic E-state index is 12.2. The maximum Gasteiger partial charge on any atom is 0.331 e. The van der Waals surface area contributed by atoms with Crippen LogP contribution in [0.3, 0.4) is 0 Å². The Morgan fingerprint density at radius 3 is 2.63 bits per heavy atom. The van der Waals surface area contributed by atoms with Crippen molar-refractivity contribution in [1.82, 2.24) is 0 Å². The Bertz CT molecular complexity index is 589. The second kappa shape index (κ2) is 5.06. The summed E-state index contributed by atoms with van der Waals surface area (Å²) in [4.78, 5) is 36.2. The monoisotopic (exact) mass is 259 g/mol. The fraction of sp³-hybridized carbons (Fsp3) is 0.214. The van der Waals surface area contributed by atoms with Crippen molar-refractivity contribution in [2.45, 2.75) is 13.8 Å². The minimum atomic E-state index is -0.592. The molecule has 1 aliphatic heterocycles. The third-order valence-electron chi connectivity index (χ3n) is 2.73. The van der Waals surface area contributed by atoms with Crippen LogP contribution in [0.5, 0.6) is 0 Å². The first kappa shape index (κ1) is 13.0. The Morgan fingerprint density at radius 2 is 2.00 bits per heavy atom. The molecule has 1 aliphatic rings. The predicted octanol–water partition coefficient (Wildman–Crippen LogP) is 1.53. The summed E-state index contributed by atoms with van der Waals surface area (Å²) in [7, 11) is 0. The van der Waals surface area contributed by atoms with E-state index < -0.39 is 11.9 Å². The molecule has 0 atom stereocenters. The van der Waals surface area contributed by atoms with E-state index in [1.165, 1.54) is 6.92 Å². The predicted molar refractivity (Wildman–Crippen MR) is 69.2 cm³/mol. The van der Waals surface area contributed by atoms with Crippen molar-refractivity contribution in [3.8, 4) is 0 Å². The summed E-state index contributed by atoms with van der Waals surface area (Å²) >= 11 is 0. The van der Waals surface area contributed by atoms with Gasteiger partial charge in [-0.25, -0.2) is 9.69 Å². The second-order valence-corrected chi connectivity index (χ2v) is 3.99. The summed E-state index contributed by atoms with van der Waals surface area (Å²) in [5.74, 6) is -1.47. The van der Waals surface area contributed by atoms with Crippen LogP contribution in [0, 0.1) is 0 Å². The highest BCUT2D eigenvalue weighted by molar-refractivity contribution is 6.40. The molecular formula is C14H13NO4. The summed E-state index contributed by atoms with van der Waals surface area (Å²) in [6, 6.07) is 6.84. The minimum absolute atomic E-state index is 0.184. The number of hydrogen-bond donors (Lipinski definition) is 0. The van der Waals surface area contributed by atoms with E-state index in [0.717, 1.165) is 11.0 Å². The Labute approximate surface area is 110 Å². The average molecular weight is 259 g/mol. The number of amides is 2. The highest BCUT2D eigenvalue weighted by Gasteiger charge is 2.35. The van der Waals surface area contributed by atoms with Crippen LogP contribution in [-0.4, -0.2) is 24.4 Å². The first-order valence-corrected chi connectivity index (χ1v) is 5.89. The Balaban J connectivity index is 2.50.